The topological polar surface area (TPSA) is 33.0 Å². The molecule has 3 aromatic carbocycles. The molecule has 86 valence electrons. The largest absolute Gasteiger partial charge is 0.495 e. The van der Waals surface area contributed by atoms with E-state index in [4.69, 9.17) is 4.74 Å². The summed E-state index contributed by atoms with van der Waals surface area (Å²) >= 11 is 0. The molecule has 2 heteroatoms. The zero-order valence-electron chi connectivity index (χ0n) is 9.97. The van der Waals surface area contributed by atoms with Gasteiger partial charge in [-0.2, -0.15) is 5.26 Å². The first-order valence-corrected chi connectivity index (χ1v) is 5.74. The highest BCUT2D eigenvalue weighted by Gasteiger charge is 2.12. The van der Waals surface area contributed by atoms with Crippen molar-refractivity contribution in [2.45, 2.75) is 0 Å². The summed E-state index contributed by atoms with van der Waals surface area (Å²) in [6.45, 7) is 0. The first kappa shape index (κ1) is 10.6. The van der Waals surface area contributed by atoms with Gasteiger partial charge in [0.15, 0.2) is 0 Å². The minimum atomic E-state index is 0.710. The Bertz CT molecular complexity index is 727. The molecular weight excluding hydrogens is 222 g/mol. The van der Waals surface area contributed by atoms with Gasteiger partial charge >= 0.3 is 0 Å². The highest BCUT2D eigenvalue weighted by Crippen LogP contribution is 2.37. The fraction of sp³-hybridized carbons (Fsp3) is 0.0625. The fourth-order valence-corrected chi connectivity index (χ4v) is 2.43. The lowest BCUT2D eigenvalue weighted by Gasteiger charge is -2.11. The van der Waals surface area contributed by atoms with Gasteiger partial charge in [-0.3, -0.25) is 0 Å². The molecule has 18 heavy (non-hydrogen) atoms. The van der Waals surface area contributed by atoms with Gasteiger partial charge in [0.2, 0.25) is 0 Å². The Labute approximate surface area is 105 Å². The van der Waals surface area contributed by atoms with Gasteiger partial charge in [-0.25, -0.2) is 0 Å². The number of nitrogens with zero attached hydrogens (tertiary/aromatic N) is 1. The van der Waals surface area contributed by atoms with E-state index in [-0.39, 0.29) is 0 Å². The van der Waals surface area contributed by atoms with E-state index in [9.17, 15) is 5.26 Å². The van der Waals surface area contributed by atoms with Crippen LogP contribution in [0.5, 0.6) is 5.75 Å². The summed E-state index contributed by atoms with van der Waals surface area (Å²) in [5.41, 5.74) is 0.710. The highest BCUT2D eigenvalue weighted by atomic mass is 16.5. The Balaban J connectivity index is 2.67. The van der Waals surface area contributed by atoms with Gasteiger partial charge in [-0.15, -0.1) is 0 Å². The van der Waals surface area contributed by atoms with Crippen LogP contribution >= 0.6 is 0 Å². The Morgan fingerprint density at radius 2 is 1.28 bits per heavy atom. The van der Waals surface area contributed by atoms with Gasteiger partial charge in [-0.1, -0.05) is 48.5 Å². The van der Waals surface area contributed by atoms with E-state index in [1.807, 2.05) is 48.5 Å². The summed E-state index contributed by atoms with van der Waals surface area (Å²) in [5.74, 6) is 0.834. The van der Waals surface area contributed by atoms with Gasteiger partial charge in [-0.05, 0) is 0 Å². The van der Waals surface area contributed by atoms with Crippen molar-refractivity contribution < 1.29 is 4.74 Å². The number of fused-ring (bicyclic) bond motifs is 2. The van der Waals surface area contributed by atoms with Gasteiger partial charge in [0, 0.05) is 21.5 Å². The zero-order valence-corrected chi connectivity index (χ0v) is 9.97. The molecule has 0 atom stereocenters. The predicted molar refractivity (Wildman–Crippen MR) is 72.7 cm³/mol. The average molecular weight is 233 g/mol. The normalized spacial score (nSPS) is 10.4. The molecule has 0 fully saturated rings. The highest BCUT2D eigenvalue weighted by molar-refractivity contribution is 6.10. The molecule has 0 aliphatic heterocycles. The van der Waals surface area contributed by atoms with E-state index in [1.54, 1.807) is 7.11 Å². The van der Waals surface area contributed by atoms with Crippen molar-refractivity contribution >= 4 is 21.5 Å². The quantitative estimate of drug-likeness (QED) is 0.598. The van der Waals surface area contributed by atoms with E-state index < -0.39 is 0 Å². The molecule has 0 bridgehead atoms. The molecule has 2 nitrogen and oxygen atoms in total. The number of ether oxygens (including phenoxy) is 1. The third-order valence-electron chi connectivity index (χ3n) is 3.20. The molecule has 0 heterocycles. The molecule has 3 rings (SSSR count). The van der Waals surface area contributed by atoms with Crippen LogP contribution in [0, 0.1) is 11.3 Å². The van der Waals surface area contributed by atoms with E-state index in [1.165, 1.54) is 0 Å². The minimum Gasteiger partial charge on any atom is -0.495 e. The maximum Gasteiger partial charge on any atom is 0.134 e. The monoisotopic (exact) mass is 233 g/mol. The molecule has 0 aliphatic rings. The van der Waals surface area contributed by atoms with Gasteiger partial charge < -0.3 is 4.74 Å². The summed E-state index contributed by atoms with van der Waals surface area (Å²) in [6, 6.07) is 18.0. The van der Waals surface area contributed by atoms with Gasteiger partial charge in [0.1, 0.15) is 11.8 Å². The molecule has 0 spiro atoms. The SMILES string of the molecule is COc1c2ccccc2c(C#N)c2ccccc12. The predicted octanol–water partition coefficient (Wildman–Crippen LogP) is 3.87. The number of hydrogen-bond acceptors (Lipinski definition) is 2. The molecule has 0 aliphatic carbocycles. The first-order valence-electron chi connectivity index (χ1n) is 5.74. The molecule has 0 amide bonds. The molecule has 3 aromatic rings. The standard InChI is InChI=1S/C16H11NO/c1-18-16-13-8-4-2-6-11(13)15(10-17)12-7-3-5-9-14(12)16/h2-9H,1H3. The number of hydrogen-bond donors (Lipinski definition) is 0. The average Bonchev–Trinajstić information content (AvgIpc) is 2.44. The number of methoxy groups -OCH3 is 1. The van der Waals surface area contributed by atoms with Crippen LogP contribution in [-0.2, 0) is 0 Å². The van der Waals surface area contributed by atoms with Crippen molar-refractivity contribution in [3.8, 4) is 11.8 Å². The zero-order chi connectivity index (χ0) is 12.5. The molecule has 0 radical (unpaired) electrons. The molecule has 0 saturated heterocycles. The number of benzene rings is 3. The van der Waals surface area contributed by atoms with E-state index in [0.717, 1.165) is 27.3 Å². The maximum absolute atomic E-state index is 9.41. The van der Waals surface area contributed by atoms with Gasteiger partial charge in [0.25, 0.3) is 0 Å². The summed E-state index contributed by atoms with van der Waals surface area (Å²) in [4.78, 5) is 0. The summed E-state index contributed by atoms with van der Waals surface area (Å²) < 4.78 is 5.53. The number of nitriles is 1. The van der Waals surface area contributed by atoms with Crippen molar-refractivity contribution in [1.82, 2.24) is 0 Å². The third-order valence-corrected chi connectivity index (χ3v) is 3.20. The second-order valence-electron chi connectivity index (χ2n) is 4.11. The van der Waals surface area contributed by atoms with Crippen molar-refractivity contribution in [3.63, 3.8) is 0 Å². The van der Waals surface area contributed by atoms with Crippen LogP contribution in [-0.4, -0.2) is 7.11 Å². The van der Waals surface area contributed by atoms with Crippen molar-refractivity contribution in [1.29, 1.82) is 5.26 Å². The first-order chi connectivity index (χ1) is 8.86. The number of rotatable bonds is 1. The van der Waals surface area contributed by atoms with E-state index >= 15 is 0 Å². The lowest BCUT2D eigenvalue weighted by atomic mass is 9.96. The molecule has 0 saturated carbocycles. The van der Waals surface area contributed by atoms with Crippen LogP contribution in [0.15, 0.2) is 48.5 Å². The van der Waals surface area contributed by atoms with Gasteiger partial charge in [0.05, 0.1) is 12.7 Å². The third kappa shape index (κ3) is 1.34. The lowest BCUT2D eigenvalue weighted by Crippen LogP contribution is -1.91. The van der Waals surface area contributed by atoms with Crippen LogP contribution in [0.2, 0.25) is 0 Å². The Morgan fingerprint density at radius 1 is 0.833 bits per heavy atom. The van der Waals surface area contributed by atoms with Crippen molar-refractivity contribution in [2.24, 2.45) is 0 Å². The van der Waals surface area contributed by atoms with E-state index in [2.05, 4.69) is 6.07 Å². The fourth-order valence-electron chi connectivity index (χ4n) is 2.43. The molecule has 0 unspecified atom stereocenters. The Hall–Kier alpha value is -2.53. The summed E-state index contributed by atoms with van der Waals surface area (Å²) in [7, 11) is 1.67. The molecule has 0 aromatic heterocycles. The second-order valence-corrected chi connectivity index (χ2v) is 4.11. The van der Waals surface area contributed by atoms with Crippen molar-refractivity contribution in [3.05, 3.63) is 54.1 Å². The Morgan fingerprint density at radius 3 is 1.67 bits per heavy atom. The van der Waals surface area contributed by atoms with Crippen LogP contribution in [0.1, 0.15) is 5.56 Å². The lowest BCUT2D eigenvalue weighted by molar-refractivity contribution is 0.424. The summed E-state index contributed by atoms with van der Waals surface area (Å²) in [5, 5.41) is 13.3. The summed E-state index contributed by atoms with van der Waals surface area (Å²) in [6.07, 6.45) is 0. The van der Waals surface area contributed by atoms with Crippen molar-refractivity contribution in [2.75, 3.05) is 7.11 Å². The maximum atomic E-state index is 9.41. The van der Waals surface area contributed by atoms with Crippen LogP contribution in [0.3, 0.4) is 0 Å². The van der Waals surface area contributed by atoms with Crippen LogP contribution in [0.4, 0.5) is 0 Å². The Kier molecular flexibility index (Phi) is 2.39. The minimum absolute atomic E-state index is 0.710. The molecule has 0 N–H and O–H groups in total. The second kappa shape index (κ2) is 4.05. The smallest absolute Gasteiger partial charge is 0.134 e. The van der Waals surface area contributed by atoms with Crippen LogP contribution in [0.25, 0.3) is 21.5 Å². The molecular formula is C16H11NO. The van der Waals surface area contributed by atoms with E-state index in [0.29, 0.717) is 5.56 Å². The van der Waals surface area contributed by atoms with Crippen LogP contribution < -0.4 is 4.74 Å².